The average molecular weight is 357 g/mol. The highest BCUT2D eigenvalue weighted by molar-refractivity contribution is 6.07. The zero-order chi connectivity index (χ0) is 18.8. The Kier molecular flexibility index (Phi) is 4.93. The number of methoxy groups -OCH3 is 1. The van der Waals surface area contributed by atoms with Gasteiger partial charge < -0.3 is 14.7 Å². The van der Waals surface area contributed by atoms with Crippen LogP contribution in [0, 0.1) is 11.7 Å². The van der Waals surface area contributed by atoms with Gasteiger partial charge in [0.15, 0.2) is 0 Å². The van der Waals surface area contributed by atoms with Gasteiger partial charge in [0.25, 0.3) is 5.91 Å². The Balaban J connectivity index is 1.98. The summed E-state index contributed by atoms with van der Waals surface area (Å²) in [6, 6.07) is 10.3. The summed E-state index contributed by atoms with van der Waals surface area (Å²) in [4.78, 5) is 25.6. The van der Waals surface area contributed by atoms with Crippen LogP contribution in [0.3, 0.4) is 0 Å². The van der Waals surface area contributed by atoms with Crippen molar-refractivity contribution >= 4 is 17.6 Å². The molecule has 5 nitrogen and oxygen atoms in total. The normalized spacial score (nSPS) is 14.6. The van der Waals surface area contributed by atoms with E-state index in [0.717, 1.165) is 18.9 Å². The molecule has 0 aliphatic heterocycles. The smallest absolute Gasteiger partial charge is 0.335 e. The number of halogens is 1. The highest BCUT2D eigenvalue weighted by Gasteiger charge is 2.36. The van der Waals surface area contributed by atoms with Crippen LogP contribution in [0.5, 0.6) is 5.75 Å². The number of nitrogens with zero attached hydrogens (tertiary/aromatic N) is 1. The molecule has 26 heavy (non-hydrogen) atoms. The van der Waals surface area contributed by atoms with E-state index in [1.165, 1.54) is 12.1 Å². The van der Waals surface area contributed by atoms with E-state index >= 15 is 0 Å². The molecule has 1 amide bonds. The van der Waals surface area contributed by atoms with Gasteiger partial charge >= 0.3 is 5.97 Å². The molecule has 1 fully saturated rings. The molecule has 0 spiro atoms. The quantitative estimate of drug-likeness (QED) is 0.849. The van der Waals surface area contributed by atoms with Crippen molar-refractivity contribution in [1.82, 2.24) is 0 Å². The summed E-state index contributed by atoms with van der Waals surface area (Å²) in [7, 11) is 1.56. The maximum absolute atomic E-state index is 14.4. The summed E-state index contributed by atoms with van der Waals surface area (Å²) in [5.41, 5.74) is 0.320. The number of carbonyl (C=O) groups excluding carboxylic acids is 1. The highest BCUT2D eigenvalue weighted by atomic mass is 19.1. The monoisotopic (exact) mass is 357 g/mol. The summed E-state index contributed by atoms with van der Waals surface area (Å²) >= 11 is 0. The van der Waals surface area contributed by atoms with Gasteiger partial charge in [-0.1, -0.05) is 0 Å². The maximum atomic E-state index is 14.4. The molecule has 1 unspecified atom stereocenters. The third kappa shape index (κ3) is 3.54. The Morgan fingerprint density at radius 1 is 1.19 bits per heavy atom. The number of ether oxygens (including phenoxy) is 1. The van der Waals surface area contributed by atoms with Crippen molar-refractivity contribution in [3.63, 3.8) is 0 Å². The molecule has 0 radical (unpaired) electrons. The third-order valence-corrected chi connectivity index (χ3v) is 4.73. The second kappa shape index (κ2) is 7.15. The van der Waals surface area contributed by atoms with Gasteiger partial charge in [-0.3, -0.25) is 4.79 Å². The maximum Gasteiger partial charge on any atom is 0.335 e. The minimum atomic E-state index is -1.23. The Hall–Kier alpha value is -2.89. The number of carboxylic acids is 1. The van der Waals surface area contributed by atoms with Gasteiger partial charge in [0.1, 0.15) is 11.6 Å². The second-order valence-corrected chi connectivity index (χ2v) is 6.45. The lowest BCUT2D eigenvalue weighted by Crippen LogP contribution is -2.40. The van der Waals surface area contributed by atoms with Crippen LogP contribution < -0.4 is 9.64 Å². The van der Waals surface area contributed by atoms with Gasteiger partial charge in [0.2, 0.25) is 0 Å². The Bertz CT molecular complexity index is 830. The van der Waals surface area contributed by atoms with E-state index in [2.05, 4.69) is 0 Å². The first-order valence-corrected chi connectivity index (χ1v) is 8.43. The van der Waals surface area contributed by atoms with E-state index in [4.69, 9.17) is 9.84 Å². The molecular formula is C20H20FNO4. The lowest BCUT2D eigenvalue weighted by molar-refractivity contribution is 0.0695. The fourth-order valence-electron chi connectivity index (χ4n) is 3.02. The fraction of sp³-hybridized carbons (Fsp3) is 0.300. The highest BCUT2D eigenvalue weighted by Crippen LogP contribution is 2.38. The molecule has 2 aromatic rings. The van der Waals surface area contributed by atoms with Gasteiger partial charge in [0, 0.05) is 11.7 Å². The topological polar surface area (TPSA) is 66.8 Å². The Morgan fingerprint density at radius 3 is 2.35 bits per heavy atom. The molecule has 1 aliphatic rings. The summed E-state index contributed by atoms with van der Waals surface area (Å²) < 4.78 is 19.6. The molecule has 136 valence electrons. The molecule has 1 N–H and O–H groups in total. The number of benzene rings is 2. The average Bonchev–Trinajstić information content (AvgIpc) is 3.47. The zero-order valence-electron chi connectivity index (χ0n) is 14.6. The van der Waals surface area contributed by atoms with E-state index in [0.29, 0.717) is 17.4 Å². The van der Waals surface area contributed by atoms with Gasteiger partial charge in [-0.25, -0.2) is 9.18 Å². The summed E-state index contributed by atoms with van der Waals surface area (Å²) in [6.07, 6.45) is 2.06. The first kappa shape index (κ1) is 17.9. The number of carbonyl (C=O) groups is 2. The SMILES string of the molecule is COc1ccc(N(C(=O)c2ccc(C(=O)O)cc2F)C(C)C2CC2)cc1. The summed E-state index contributed by atoms with van der Waals surface area (Å²) in [5.74, 6) is -1.51. The molecule has 0 bridgehead atoms. The molecule has 0 saturated heterocycles. The van der Waals surface area contributed by atoms with Crippen LogP contribution in [-0.4, -0.2) is 30.1 Å². The van der Waals surface area contributed by atoms with Crippen LogP contribution in [0.15, 0.2) is 42.5 Å². The van der Waals surface area contributed by atoms with E-state index < -0.39 is 17.7 Å². The lowest BCUT2D eigenvalue weighted by atomic mass is 10.1. The minimum absolute atomic E-state index is 0.0885. The standard InChI is InChI=1S/C20H20FNO4/c1-12(13-3-4-13)22(15-6-8-16(26-2)9-7-15)19(23)17-10-5-14(20(24)25)11-18(17)21/h5-13H,3-4H2,1-2H3,(H,24,25). The van der Waals surface area contributed by atoms with E-state index in [9.17, 15) is 14.0 Å². The van der Waals surface area contributed by atoms with Gasteiger partial charge in [-0.05, 0) is 68.1 Å². The lowest BCUT2D eigenvalue weighted by Gasteiger charge is -2.30. The van der Waals surface area contributed by atoms with E-state index in [-0.39, 0.29) is 17.2 Å². The molecule has 1 aliphatic carbocycles. The van der Waals surface area contributed by atoms with Crippen LogP contribution in [0.4, 0.5) is 10.1 Å². The summed E-state index contributed by atoms with van der Waals surface area (Å²) in [6.45, 7) is 1.95. The van der Waals surface area contributed by atoms with Crippen LogP contribution in [0.1, 0.15) is 40.5 Å². The van der Waals surface area contributed by atoms with Crippen LogP contribution in [-0.2, 0) is 0 Å². The van der Waals surface area contributed by atoms with Gasteiger partial charge in [0.05, 0.1) is 18.2 Å². The largest absolute Gasteiger partial charge is 0.497 e. The van der Waals surface area contributed by atoms with Crippen LogP contribution in [0.2, 0.25) is 0 Å². The number of anilines is 1. The fourth-order valence-corrected chi connectivity index (χ4v) is 3.02. The van der Waals surface area contributed by atoms with E-state index in [1.807, 2.05) is 6.92 Å². The van der Waals surface area contributed by atoms with Crippen molar-refractivity contribution < 1.29 is 23.8 Å². The number of carboxylic acid groups (broad SMARTS) is 1. The second-order valence-electron chi connectivity index (χ2n) is 6.45. The Labute approximate surface area is 151 Å². The first-order valence-electron chi connectivity index (χ1n) is 8.43. The third-order valence-electron chi connectivity index (χ3n) is 4.73. The van der Waals surface area contributed by atoms with Crippen LogP contribution >= 0.6 is 0 Å². The van der Waals surface area contributed by atoms with E-state index in [1.54, 1.807) is 36.3 Å². The van der Waals surface area contributed by atoms with Crippen molar-refractivity contribution in [1.29, 1.82) is 0 Å². The number of rotatable bonds is 6. The molecule has 0 heterocycles. The number of amides is 1. The molecular weight excluding hydrogens is 337 g/mol. The molecule has 6 heteroatoms. The van der Waals surface area contributed by atoms with Crippen molar-refractivity contribution in [2.45, 2.75) is 25.8 Å². The van der Waals surface area contributed by atoms with Crippen molar-refractivity contribution in [2.75, 3.05) is 12.0 Å². The molecule has 2 aromatic carbocycles. The van der Waals surface area contributed by atoms with Crippen molar-refractivity contribution in [3.05, 3.63) is 59.4 Å². The first-order chi connectivity index (χ1) is 12.4. The number of hydrogen-bond acceptors (Lipinski definition) is 3. The van der Waals surface area contributed by atoms with Gasteiger partial charge in [-0.2, -0.15) is 0 Å². The predicted octanol–water partition coefficient (Wildman–Crippen LogP) is 3.98. The predicted molar refractivity (Wildman–Crippen MR) is 95.3 cm³/mol. The molecule has 3 rings (SSSR count). The summed E-state index contributed by atoms with van der Waals surface area (Å²) in [5, 5.41) is 8.97. The van der Waals surface area contributed by atoms with Gasteiger partial charge in [-0.15, -0.1) is 0 Å². The number of aromatic carboxylic acids is 1. The van der Waals surface area contributed by atoms with Crippen LogP contribution in [0.25, 0.3) is 0 Å². The zero-order valence-corrected chi connectivity index (χ0v) is 14.6. The van der Waals surface area contributed by atoms with Crippen molar-refractivity contribution in [3.8, 4) is 5.75 Å². The molecule has 1 atom stereocenters. The van der Waals surface area contributed by atoms with Crippen molar-refractivity contribution in [2.24, 2.45) is 5.92 Å². The number of hydrogen-bond donors (Lipinski definition) is 1. The molecule has 0 aromatic heterocycles. The minimum Gasteiger partial charge on any atom is -0.497 e. The molecule has 1 saturated carbocycles. The Morgan fingerprint density at radius 2 is 1.85 bits per heavy atom.